The second kappa shape index (κ2) is 10.1. The van der Waals surface area contributed by atoms with Gasteiger partial charge in [0.1, 0.15) is 23.9 Å². The SMILES string of the molecule is Cc1cccc(NC(=O)C[N+]2=C3C=CC=CC3C(=O)N(CCC(=O)NCc3ccco3)C2=O)c1. The van der Waals surface area contributed by atoms with E-state index in [1.807, 2.05) is 25.1 Å². The van der Waals surface area contributed by atoms with Crippen LogP contribution < -0.4 is 10.6 Å². The molecule has 1 aliphatic carbocycles. The molecular formula is C25H25N4O5+. The van der Waals surface area contributed by atoms with Gasteiger partial charge < -0.3 is 15.1 Å². The minimum atomic E-state index is -0.694. The first-order chi connectivity index (χ1) is 16.4. The first-order valence-electron chi connectivity index (χ1n) is 10.9. The van der Waals surface area contributed by atoms with Gasteiger partial charge in [-0.2, -0.15) is 14.3 Å². The van der Waals surface area contributed by atoms with Gasteiger partial charge in [-0.3, -0.25) is 9.59 Å². The van der Waals surface area contributed by atoms with E-state index in [1.165, 1.54) is 10.8 Å². The molecule has 1 aromatic carbocycles. The minimum Gasteiger partial charge on any atom is -0.467 e. The molecule has 0 spiro atoms. The predicted octanol–water partition coefficient (Wildman–Crippen LogP) is 2.39. The quantitative estimate of drug-likeness (QED) is 0.587. The van der Waals surface area contributed by atoms with Gasteiger partial charge in [0.25, 0.3) is 5.91 Å². The van der Waals surface area contributed by atoms with Crippen LogP contribution in [0.15, 0.2) is 71.4 Å². The van der Waals surface area contributed by atoms with Gasteiger partial charge in [0.2, 0.25) is 5.91 Å². The largest absolute Gasteiger partial charge is 0.501 e. The van der Waals surface area contributed by atoms with Gasteiger partial charge >= 0.3 is 11.9 Å². The highest BCUT2D eigenvalue weighted by Crippen LogP contribution is 2.20. The highest BCUT2D eigenvalue weighted by Gasteiger charge is 2.47. The van der Waals surface area contributed by atoms with Crippen molar-refractivity contribution in [3.63, 3.8) is 0 Å². The van der Waals surface area contributed by atoms with Gasteiger partial charge in [-0.1, -0.05) is 30.4 Å². The molecule has 1 atom stereocenters. The standard InChI is InChI=1S/C25H24N4O5/c1-17-6-4-7-18(14-17)27-23(31)16-29-21-10-3-2-9-20(21)24(32)28(25(29)33)12-11-22(30)26-15-19-8-5-13-34-19/h2-10,13-14,20H,11-12,15-16H2,1H3,(H-,26,27,30,31)/p+1. The number of nitrogens with one attached hydrogen (secondary N) is 2. The van der Waals surface area contributed by atoms with Crippen LogP contribution >= 0.6 is 0 Å². The van der Waals surface area contributed by atoms with Crippen molar-refractivity contribution in [2.24, 2.45) is 5.92 Å². The number of furan rings is 1. The average molecular weight is 461 g/mol. The van der Waals surface area contributed by atoms with E-state index in [9.17, 15) is 19.2 Å². The third-order valence-corrected chi connectivity index (χ3v) is 5.51. The number of aryl methyl sites for hydroxylation is 1. The van der Waals surface area contributed by atoms with Crippen molar-refractivity contribution < 1.29 is 28.2 Å². The lowest BCUT2D eigenvalue weighted by Crippen LogP contribution is -2.56. The van der Waals surface area contributed by atoms with Crippen molar-refractivity contribution in [2.75, 3.05) is 18.4 Å². The molecule has 9 nitrogen and oxygen atoms in total. The molecule has 5 amide bonds. The van der Waals surface area contributed by atoms with Crippen molar-refractivity contribution in [3.05, 3.63) is 78.3 Å². The molecular weight excluding hydrogens is 436 g/mol. The molecule has 1 aromatic heterocycles. The number of imide groups is 1. The molecule has 0 saturated carbocycles. The van der Waals surface area contributed by atoms with Crippen LogP contribution in [0.1, 0.15) is 17.7 Å². The van der Waals surface area contributed by atoms with E-state index < -0.39 is 23.8 Å². The van der Waals surface area contributed by atoms with Crippen molar-refractivity contribution in [2.45, 2.75) is 19.9 Å². The molecule has 4 rings (SSSR count). The number of carbonyl (C=O) groups excluding carboxylic acids is 4. The Morgan fingerprint density at radius 2 is 1.97 bits per heavy atom. The minimum absolute atomic E-state index is 0.0663. The smallest absolute Gasteiger partial charge is 0.467 e. The van der Waals surface area contributed by atoms with Gasteiger partial charge in [0.15, 0.2) is 6.54 Å². The second-order valence-electron chi connectivity index (χ2n) is 8.03. The number of nitrogens with zero attached hydrogens (tertiary/aromatic N) is 2. The molecule has 34 heavy (non-hydrogen) atoms. The number of amides is 5. The van der Waals surface area contributed by atoms with Crippen LogP contribution in [0.25, 0.3) is 0 Å². The van der Waals surface area contributed by atoms with Crippen LogP contribution in [-0.4, -0.2) is 52.0 Å². The van der Waals surface area contributed by atoms with Gasteiger partial charge in [-0.25, -0.2) is 4.79 Å². The Bertz CT molecular complexity index is 1210. The maximum atomic E-state index is 13.2. The Labute approximate surface area is 196 Å². The lowest BCUT2D eigenvalue weighted by molar-refractivity contribution is -0.427. The van der Waals surface area contributed by atoms with E-state index >= 15 is 0 Å². The van der Waals surface area contributed by atoms with E-state index in [0.29, 0.717) is 17.2 Å². The topological polar surface area (TPSA) is 112 Å². The number of hydrogen-bond acceptors (Lipinski definition) is 5. The molecule has 2 heterocycles. The van der Waals surface area contributed by atoms with Gasteiger partial charge in [-0.05, 0) is 42.8 Å². The average Bonchev–Trinajstić information content (AvgIpc) is 3.34. The van der Waals surface area contributed by atoms with Crippen LogP contribution in [0.3, 0.4) is 0 Å². The van der Waals surface area contributed by atoms with E-state index in [4.69, 9.17) is 4.42 Å². The van der Waals surface area contributed by atoms with Crippen LogP contribution in [0, 0.1) is 12.8 Å². The van der Waals surface area contributed by atoms with E-state index in [0.717, 1.165) is 10.5 Å². The molecule has 0 bridgehead atoms. The van der Waals surface area contributed by atoms with Crippen LogP contribution in [0.5, 0.6) is 0 Å². The Morgan fingerprint density at radius 1 is 1.12 bits per heavy atom. The fraction of sp³-hybridized carbons (Fsp3) is 0.240. The van der Waals surface area contributed by atoms with E-state index in [-0.39, 0.29) is 32.0 Å². The van der Waals surface area contributed by atoms with Crippen LogP contribution in [0.2, 0.25) is 0 Å². The first kappa shape index (κ1) is 22.9. The zero-order valence-corrected chi connectivity index (χ0v) is 18.7. The molecule has 2 aliphatic rings. The van der Waals surface area contributed by atoms with Crippen LogP contribution in [-0.2, 0) is 20.9 Å². The summed E-state index contributed by atoms with van der Waals surface area (Å²) in [7, 11) is 0. The summed E-state index contributed by atoms with van der Waals surface area (Å²) in [5.74, 6) is -1.23. The Morgan fingerprint density at radius 3 is 2.74 bits per heavy atom. The van der Waals surface area contributed by atoms with Crippen molar-refractivity contribution in [3.8, 4) is 0 Å². The lowest BCUT2D eigenvalue weighted by Gasteiger charge is -2.26. The van der Waals surface area contributed by atoms with Gasteiger partial charge in [0, 0.05) is 5.69 Å². The number of urea groups is 1. The summed E-state index contributed by atoms with van der Waals surface area (Å²) < 4.78 is 6.47. The number of rotatable bonds is 8. The summed E-state index contributed by atoms with van der Waals surface area (Å²) in [4.78, 5) is 52.2. The highest BCUT2D eigenvalue weighted by atomic mass is 16.3. The summed E-state index contributed by atoms with van der Waals surface area (Å²) >= 11 is 0. The Kier molecular flexibility index (Phi) is 6.82. The summed E-state index contributed by atoms with van der Waals surface area (Å²) in [6.45, 7) is 1.77. The lowest BCUT2D eigenvalue weighted by atomic mass is 9.94. The van der Waals surface area contributed by atoms with Crippen molar-refractivity contribution >= 4 is 35.2 Å². The number of fused-ring (bicyclic) bond motifs is 1. The van der Waals surface area contributed by atoms with Crippen molar-refractivity contribution in [1.82, 2.24) is 10.2 Å². The number of allylic oxidation sites excluding steroid dienone is 3. The molecule has 9 heteroatoms. The third-order valence-electron chi connectivity index (χ3n) is 5.51. The normalized spacial score (nSPS) is 17.1. The number of hydrogen-bond donors (Lipinski definition) is 2. The molecule has 2 aromatic rings. The fourth-order valence-electron chi connectivity index (χ4n) is 3.85. The van der Waals surface area contributed by atoms with E-state index in [1.54, 1.807) is 42.5 Å². The molecule has 0 radical (unpaired) electrons. The van der Waals surface area contributed by atoms with Crippen LogP contribution in [0.4, 0.5) is 10.5 Å². The molecule has 2 N–H and O–H groups in total. The van der Waals surface area contributed by atoms with Crippen molar-refractivity contribution in [1.29, 1.82) is 0 Å². The summed E-state index contributed by atoms with van der Waals surface area (Å²) in [6.07, 6.45) is 8.23. The molecule has 174 valence electrons. The highest BCUT2D eigenvalue weighted by molar-refractivity contribution is 6.17. The second-order valence-corrected chi connectivity index (χ2v) is 8.03. The zero-order chi connectivity index (χ0) is 24.1. The number of carbonyl (C=O) groups is 4. The number of anilines is 1. The number of benzene rings is 1. The molecule has 1 unspecified atom stereocenters. The summed E-state index contributed by atoms with van der Waals surface area (Å²) in [6, 6.07) is 10.2. The summed E-state index contributed by atoms with van der Waals surface area (Å²) in [5, 5.41) is 5.48. The fourth-order valence-corrected chi connectivity index (χ4v) is 3.85. The third kappa shape index (κ3) is 5.20. The Balaban J connectivity index is 1.45. The molecule has 0 saturated heterocycles. The maximum Gasteiger partial charge on any atom is 0.501 e. The molecule has 0 fully saturated rings. The summed E-state index contributed by atoms with van der Waals surface area (Å²) in [5.41, 5.74) is 2.05. The first-order valence-corrected chi connectivity index (χ1v) is 10.9. The van der Waals surface area contributed by atoms with Gasteiger partial charge in [0.05, 0.1) is 19.2 Å². The zero-order valence-electron chi connectivity index (χ0n) is 18.7. The monoisotopic (exact) mass is 461 g/mol. The Hall–Kier alpha value is -4.27. The van der Waals surface area contributed by atoms with Gasteiger partial charge in [-0.15, -0.1) is 0 Å². The maximum absolute atomic E-state index is 13.2. The molecule has 1 aliphatic heterocycles. The predicted molar refractivity (Wildman–Crippen MR) is 124 cm³/mol. The van der Waals surface area contributed by atoms with E-state index in [2.05, 4.69) is 10.6 Å².